The molecule has 20 heavy (non-hydrogen) atoms. The molecule has 0 unspecified atom stereocenters. The zero-order chi connectivity index (χ0) is 15.1. The van der Waals surface area contributed by atoms with Crippen LogP contribution in [0.25, 0.3) is 0 Å². The first kappa shape index (κ1) is 16.3. The molecular weight excluding hydrogens is 256 g/mol. The Hall–Kier alpha value is -1.75. The molecular formula is C15H24N2O3. The zero-order valence-electron chi connectivity index (χ0n) is 12.7. The lowest BCUT2D eigenvalue weighted by Gasteiger charge is -2.25. The number of nitrogen functional groups attached to an aromatic ring is 1. The first-order chi connectivity index (χ1) is 9.49. The number of hydrogen-bond donors (Lipinski definition) is 1. The third-order valence-corrected chi connectivity index (χ3v) is 2.93. The molecule has 0 fully saturated rings. The Morgan fingerprint density at radius 2 is 2.05 bits per heavy atom. The number of rotatable bonds is 7. The second-order valence-corrected chi connectivity index (χ2v) is 5.09. The molecule has 5 heteroatoms. The smallest absolute Gasteiger partial charge is 0.256 e. The zero-order valence-corrected chi connectivity index (χ0v) is 12.7. The Kier molecular flexibility index (Phi) is 6.31. The summed E-state index contributed by atoms with van der Waals surface area (Å²) in [7, 11) is 3.19. The maximum Gasteiger partial charge on any atom is 0.256 e. The second-order valence-electron chi connectivity index (χ2n) is 5.09. The number of anilines is 1. The normalized spacial score (nSPS) is 10.7. The number of nitrogens with zero attached hydrogens (tertiary/aromatic N) is 1. The van der Waals surface area contributed by atoms with Crippen molar-refractivity contribution in [3.05, 3.63) is 23.8 Å². The summed E-state index contributed by atoms with van der Waals surface area (Å²) < 4.78 is 10.2. The van der Waals surface area contributed by atoms with E-state index in [1.54, 1.807) is 37.3 Å². The molecule has 0 aliphatic carbocycles. The summed E-state index contributed by atoms with van der Waals surface area (Å²) in [6.45, 7) is 5.89. The molecule has 0 atom stereocenters. The van der Waals surface area contributed by atoms with Crippen molar-refractivity contribution >= 4 is 11.6 Å². The molecule has 0 bridgehead atoms. The molecule has 0 saturated carbocycles. The summed E-state index contributed by atoms with van der Waals surface area (Å²) in [5.41, 5.74) is 6.87. The van der Waals surface area contributed by atoms with Gasteiger partial charge in [0.25, 0.3) is 5.91 Å². The van der Waals surface area contributed by atoms with Crippen LogP contribution in [0.1, 0.15) is 24.2 Å². The Balaban J connectivity index is 2.92. The maximum atomic E-state index is 12.6. The SMILES string of the molecule is COCCN(CC(C)C)C(=O)c1ccc(OC)cc1N. The highest BCUT2D eigenvalue weighted by Gasteiger charge is 2.19. The fourth-order valence-electron chi connectivity index (χ4n) is 1.95. The molecule has 1 aromatic rings. The summed E-state index contributed by atoms with van der Waals surface area (Å²) in [6, 6.07) is 5.11. The van der Waals surface area contributed by atoms with E-state index in [0.29, 0.717) is 42.6 Å². The quantitative estimate of drug-likeness (QED) is 0.776. The first-order valence-corrected chi connectivity index (χ1v) is 6.71. The van der Waals surface area contributed by atoms with Gasteiger partial charge in [-0.1, -0.05) is 13.8 Å². The molecule has 1 aromatic carbocycles. The van der Waals surface area contributed by atoms with Gasteiger partial charge >= 0.3 is 0 Å². The van der Waals surface area contributed by atoms with Gasteiger partial charge in [-0.3, -0.25) is 4.79 Å². The summed E-state index contributed by atoms with van der Waals surface area (Å²) in [6.07, 6.45) is 0. The molecule has 1 rings (SSSR count). The number of hydrogen-bond acceptors (Lipinski definition) is 4. The second kappa shape index (κ2) is 7.75. The minimum atomic E-state index is -0.0732. The molecule has 5 nitrogen and oxygen atoms in total. The molecule has 0 spiro atoms. The van der Waals surface area contributed by atoms with Crippen LogP contribution in [0.5, 0.6) is 5.75 Å². The van der Waals surface area contributed by atoms with Crippen LogP contribution in [0.3, 0.4) is 0 Å². The van der Waals surface area contributed by atoms with Crippen molar-refractivity contribution in [3.63, 3.8) is 0 Å². The van der Waals surface area contributed by atoms with Crippen LogP contribution in [-0.2, 0) is 4.74 Å². The molecule has 1 amide bonds. The molecule has 0 aliphatic heterocycles. The average molecular weight is 280 g/mol. The third-order valence-electron chi connectivity index (χ3n) is 2.93. The number of amides is 1. The minimum absolute atomic E-state index is 0.0732. The van der Waals surface area contributed by atoms with Crippen LogP contribution in [0, 0.1) is 5.92 Å². The van der Waals surface area contributed by atoms with E-state index in [1.807, 2.05) is 0 Å². The predicted octanol–water partition coefficient (Wildman–Crippen LogP) is 2.02. The van der Waals surface area contributed by atoms with Crippen molar-refractivity contribution in [2.75, 3.05) is 39.6 Å². The van der Waals surface area contributed by atoms with E-state index in [2.05, 4.69) is 13.8 Å². The lowest BCUT2D eigenvalue weighted by molar-refractivity contribution is 0.0673. The van der Waals surface area contributed by atoms with E-state index < -0.39 is 0 Å². The van der Waals surface area contributed by atoms with Gasteiger partial charge in [0.15, 0.2) is 0 Å². The highest BCUT2D eigenvalue weighted by atomic mass is 16.5. The van der Waals surface area contributed by atoms with Gasteiger partial charge in [-0.05, 0) is 18.1 Å². The maximum absolute atomic E-state index is 12.6. The molecule has 0 radical (unpaired) electrons. The van der Waals surface area contributed by atoms with Crippen molar-refractivity contribution < 1.29 is 14.3 Å². The Labute approximate surface area is 120 Å². The van der Waals surface area contributed by atoms with Crippen LogP contribution < -0.4 is 10.5 Å². The third kappa shape index (κ3) is 4.42. The van der Waals surface area contributed by atoms with Gasteiger partial charge in [-0.2, -0.15) is 0 Å². The van der Waals surface area contributed by atoms with E-state index in [4.69, 9.17) is 15.2 Å². The van der Waals surface area contributed by atoms with E-state index in [1.165, 1.54) is 0 Å². The number of methoxy groups -OCH3 is 2. The Morgan fingerprint density at radius 3 is 2.55 bits per heavy atom. The Bertz CT molecular complexity index is 447. The summed E-state index contributed by atoms with van der Waals surface area (Å²) in [5, 5.41) is 0. The standard InChI is InChI=1S/C15H24N2O3/c1-11(2)10-17(7-8-19-3)15(18)13-6-5-12(20-4)9-14(13)16/h5-6,9,11H,7-8,10,16H2,1-4H3. The summed E-state index contributed by atoms with van der Waals surface area (Å²) in [5.74, 6) is 0.956. The van der Waals surface area contributed by atoms with Crippen molar-refractivity contribution in [1.82, 2.24) is 4.90 Å². The summed E-state index contributed by atoms with van der Waals surface area (Å²) in [4.78, 5) is 14.3. The van der Waals surface area contributed by atoms with E-state index in [0.717, 1.165) is 0 Å². The van der Waals surface area contributed by atoms with Crippen molar-refractivity contribution in [2.45, 2.75) is 13.8 Å². The average Bonchev–Trinajstić information content (AvgIpc) is 2.42. The van der Waals surface area contributed by atoms with Crippen molar-refractivity contribution in [2.24, 2.45) is 5.92 Å². The minimum Gasteiger partial charge on any atom is -0.497 e. The van der Waals surface area contributed by atoms with Gasteiger partial charge in [0.2, 0.25) is 0 Å². The number of nitrogens with two attached hydrogens (primary N) is 1. The van der Waals surface area contributed by atoms with Gasteiger partial charge in [0.05, 0.1) is 19.3 Å². The fourth-order valence-corrected chi connectivity index (χ4v) is 1.95. The van der Waals surface area contributed by atoms with Gasteiger partial charge < -0.3 is 20.1 Å². The molecule has 0 heterocycles. The lowest BCUT2D eigenvalue weighted by atomic mass is 10.1. The van der Waals surface area contributed by atoms with Crippen LogP contribution in [-0.4, -0.2) is 44.7 Å². The van der Waals surface area contributed by atoms with E-state index in [-0.39, 0.29) is 5.91 Å². The largest absolute Gasteiger partial charge is 0.497 e. The highest BCUT2D eigenvalue weighted by molar-refractivity contribution is 5.99. The number of carbonyl (C=O) groups excluding carboxylic acids is 1. The molecule has 0 aromatic heterocycles. The van der Waals surface area contributed by atoms with Gasteiger partial charge in [0.1, 0.15) is 5.75 Å². The Morgan fingerprint density at radius 1 is 1.35 bits per heavy atom. The molecule has 0 aliphatic rings. The van der Waals surface area contributed by atoms with E-state index in [9.17, 15) is 4.79 Å². The summed E-state index contributed by atoms with van der Waals surface area (Å²) >= 11 is 0. The van der Waals surface area contributed by atoms with Gasteiger partial charge in [-0.25, -0.2) is 0 Å². The van der Waals surface area contributed by atoms with Crippen LogP contribution in [0.15, 0.2) is 18.2 Å². The van der Waals surface area contributed by atoms with E-state index >= 15 is 0 Å². The topological polar surface area (TPSA) is 64.8 Å². The monoisotopic (exact) mass is 280 g/mol. The molecule has 112 valence electrons. The number of benzene rings is 1. The predicted molar refractivity (Wildman–Crippen MR) is 80.0 cm³/mol. The van der Waals surface area contributed by atoms with Gasteiger partial charge in [-0.15, -0.1) is 0 Å². The van der Waals surface area contributed by atoms with Crippen molar-refractivity contribution in [1.29, 1.82) is 0 Å². The van der Waals surface area contributed by atoms with Gasteiger partial charge in [0, 0.05) is 32.0 Å². The van der Waals surface area contributed by atoms with Crippen LogP contribution >= 0.6 is 0 Å². The highest BCUT2D eigenvalue weighted by Crippen LogP contribution is 2.21. The fraction of sp³-hybridized carbons (Fsp3) is 0.533. The van der Waals surface area contributed by atoms with Crippen LogP contribution in [0.2, 0.25) is 0 Å². The number of carbonyl (C=O) groups is 1. The lowest BCUT2D eigenvalue weighted by Crippen LogP contribution is -2.37. The number of ether oxygens (including phenoxy) is 2. The molecule has 0 saturated heterocycles. The molecule has 2 N–H and O–H groups in total. The van der Waals surface area contributed by atoms with Crippen LogP contribution in [0.4, 0.5) is 5.69 Å². The first-order valence-electron chi connectivity index (χ1n) is 6.71. The van der Waals surface area contributed by atoms with Crippen molar-refractivity contribution in [3.8, 4) is 5.75 Å².